The first-order valence-electron chi connectivity index (χ1n) is 8.00. The van der Waals surface area contributed by atoms with Crippen LogP contribution < -0.4 is 0 Å². The Balaban J connectivity index is 1.97. The van der Waals surface area contributed by atoms with Crippen LogP contribution in [0.5, 0.6) is 0 Å². The van der Waals surface area contributed by atoms with Gasteiger partial charge in [-0.1, -0.05) is 0 Å². The SMILES string of the molecule is CCOC1CCCN(C(=O)N2CCCCC2CC(=O)O)C1. The molecule has 1 N–H and O–H groups in total. The molecule has 0 aromatic heterocycles. The minimum atomic E-state index is -0.828. The van der Waals surface area contributed by atoms with E-state index in [0.717, 1.165) is 38.6 Å². The van der Waals surface area contributed by atoms with E-state index in [0.29, 0.717) is 19.7 Å². The van der Waals surface area contributed by atoms with Crippen LogP contribution in [0.1, 0.15) is 45.4 Å². The van der Waals surface area contributed by atoms with Crippen LogP contribution in [-0.4, -0.2) is 65.3 Å². The zero-order chi connectivity index (χ0) is 15.2. The van der Waals surface area contributed by atoms with E-state index in [4.69, 9.17) is 9.84 Å². The number of ether oxygens (including phenoxy) is 1. The number of carbonyl (C=O) groups excluding carboxylic acids is 1. The number of carbonyl (C=O) groups is 2. The van der Waals surface area contributed by atoms with Gasteiger partial charge in [0, 0.05) is 32.3 Å². The molecule has 6 nitrogen and oxygen atoms in total. The first kappa shape index (κ1) is 16.1. The molecule has 0 aliphatic carbocycles. The Kier molecular flexibility index (Phi) is 5.85. The van der Waals surface area contributed by atoms with Crippen LogP contribution in [0.25, 0.3) is 0 Å². The highest BCUT2D eigenvalue weighted by atomic mass is 16.5. The monoisotopic (exact) mass is 298 g/mol. The lowest BCUT2D eigenvalue weighted by molar-refractivity contribution is -0.138. The standard InChI is InChI=1S/C15H26N2O4/c1-2-21-13-7-5-8-16(11-13)15(20)17-9-4-3-6-12(17)10-14(18)19/h12-13H,2-11H2,1H3,(H,18,19). The zero-order valence-electron chi connectivity index (χ0n) is 12.8. The fourth-order valence-electron chi connectivity index (χ4n) is 3.33. The summed E-state index contributed by atoms with van der Waals surface area (Å²) in [5, 5.41) is 9.02. The van der Waals surface area contributed by atoms with Gasteiger partial charge in [-0.15, -0.1) is 0 Å². The summed E-state index contributed by atoms with van der Waals surface area (Å²) in [6.45, 7) is 4.68. The van der Waals surface area contributed by atoms with Gasteiger partial charge in [-0.3, -0.25) is 4.79 Å². The summed E-state index contributed by atoms with van der Waals surface area (Å²) in [7, 11) is 0. The molecule has 0 aromatic rings. The Hall–Kier alpha value is -1.30. The second kappa shape index (κ2) is 7.64. The van der Waals surface area contributed by atoms with Crippen LogP contribution in [-0.2, 0) is 9.53 Å². The Labute approximate surface area is 126 Å². The number of hydrogen-bond acceptors (Lipinski definition) is 3. The highest BCUT2D eigenvalue weighted by Crippen LogP contribution is 2.23. The molecule has 2 heterocycles. The summed E-state index contributed by atoms with van der Waals surface area (Å²) in [6, 6.07) is -0.165. The highest BCUT2D eigenvalue weighted by Gasteiger charge is 2.33. The van der Waals surface area contributed by atoms with Gasteiger partial charge < -0.3 is 19.6 Å². The smallest absolute Gasteiger partial charge is 0.320 e. The first-order chi connectivity index (χ1) is 10.1. The van der Waals surface area contributed by atoms with Crippen molar-refractivity contribution >= 4 is 12.0 Å². The van der Waals surface area contributed by atoms with Gasteiger partial charge in [0.25, 0.3) is 0 Å². The number of aliphatic carboxylic acids is 1. The van der Waals surface area contributed by atoms with Gasteiger partial charge in [0.1, 0.15) is 0 Å². The molecule has 2 aliphatic rings. The van der Waals surface area contributed by atoms with Gasteiger partial charge >= 0.3 is 12.0 Å². The number of nitrogens with zero attached hydrogens (tertiary/aromatic N) is 2. The summed E-state index contributed by atoms with van der Waals surface area (Å²) in [5.74, 6) is -0.828. The van der Waals surface area contributed by atoms with Crippen molar-refractivity contribution in [3.8, 4) is 0 Å². The van der Waals surface area contributed by atoms with E-state index in [1.54, 1.807) is 4.90 Å². The van der Waals surface area contributed by atoms with Crippen molar-refractivity contribution in [2.45, 2.75) is 57.6 Å². The molecule has 0 spiro atoms. The lowest BCUT2D eigenvalue weighted by Gasteiger charge is -2.41. The lowest BCUT2D eigenvalue weighted by atomic mass is 9.99. The van der Waals surface area contributed by atoms with Gasteiger partial charge in [0.05, 0.1) is 12.5 Å². The normalized spacial score (nSPS) is 26.7. The molecule has 0 bridgehead atoms. The Morgan fingerprint density at radius 2 is 2.00 bits per heavy atom. The number of rotatable bonds is 4. The fourth-order valence-corrected chi connectivity index (χ4v) is 3.33. The molecule has 0 radical (unpaired) electrons. The van der Waals surface area contributed by atoms with Crippen LogP contribution >= 0.6 is 0 Å². The van der Waals surface area contributed by atoms with Crippen LogP contribution in [0.4, 0.5) is 4.79 Å². The van der Waals surface area contributed by atoms with Crippen LogP contribution in [0.3, 0.4) is 0 Å². The van der Waals surface area contributed by atoms with E-state index in [-0.39, 0.29) is 24.6 Å². The predicted octanol–water partition coefficient (Wildman–Crippen LogP) is 1.94. The fraction of sp³-hybridized carbons (Fsp3) is 0.867. The van der Waals surface area contributed by atoms with E-state index in [1.165, 1.54) is 0 Å². The van der Waals surface area contributed by atoms with Crippen molar-refractivity contribution in [3.05, 3.63) is 0 Å². The molecular formula is C15H26N2O4. The highest BCUT2D eigenvalue weighted by molar-refractivity contribution is 5.76. The van der Waals surface area contributed by atoms with E-state index in [1.807, 2.05) is 11.8 Å². The average Bonchev–Trinajstić information content (AvgIpc) is 2.47. The zero-order valence-corrected chi connectivity index (χ0v) is 12.8. The molecule has 2 atom stereocenters. The third-order valence-corrected chi connectivity index (χ3v) is 4.33. The molecule has 0 aromatic carbocycles. The quantitative estimate of drug-likeness (QED) is 0.861. The number of hydrogen-bond donors (Lipinski definition) is 1. The second-order valence-electron chi connectivity index (χ2n) is 5.89. The van der Waals surface area contributed by atoms with Crippen molar-refractivity contribution < 1.29 is 19.4 Å². The molecule has 0 saturated carbocycles. The van der Waals surface area contributed by atoms with Crippen molar-refractivity contribution in [3.63, 3.8) is 0 Å². The maximum absolute atomic E-state index is 12.7. The third-order valence-electron chi connectivity index (χ3n) is 4.33. The molecule has 2 fully saturated rings. The minimum Gasteiger partial charge on any atom is -0.481 e. The number of urea groups is 1. The first-order valence-corrected chi connectivity index (χ1v) is 8.00. The molecule has 21 heavy (non-hydrogen) atoms. The van der Waals surface area contributed by atoms with Gasteiger partial charge in [-0.2, -0.15) is 0 Å². The van der Waals surface area contributed by atoms with Crippen molar-refractivity contribution in [1.29, 1.82) is 0 Å². The number of piperidine rings is 2. The number of likely N-dealkylation sites (tertiary alicyclic amines) is 2. The molecule has 2 rings (SSSR count). The maximum Gasteiger partial charge on any atom is 0.320 e. The van der Waals surface area contributed by atoms with Crippen LogP contribution in [0.2, 0.25) is 0 Å². The third kappa shape index (κ3) is 4.33. The summed E-state index contributed by atoms with van der Waals surface area (Å²) in [4.78, 5) is 27.3. The molecule has 6 heteroatoms. The Morgan fingerprint density at radius 3 is 2.71 bits per heavy atom. The van der Waals surface area contributed by atoms with Crippen molar-refractivity contribution in [1.82, 2.24) is 9.80 Å². The second-order valence-corrected chi connectivity index (χ2v) is 5.89. The molecule has 2 saturated heterocycles. The van der Waals surface area contributed by atoms with Crippen LogP contribution in [0.15, 0.2) is 0 Å². The van der Waals surface area contributed by atoms with Crippen molar-refractivity contribution in [2.24, 2.45) is 0 Å². The summed E-state index contributed by atoms with van der Waals surface area (Å²) < 4.78 is 5.64. The molecule has 2 unspecified atom stereocenters. The van der Waals surface area contributed by atoms with Crippen LogP contribution in [0, 0.1) is 0 Å². The van der Waals surface area contributed by atoms with Gasteiger partial charge in [-0.05, 0) is 39.0 Å². The van der Waals surface area contributed by atoms with Gasteiger partial charge in [0.2, 0.25) is 0 Å². The molecular weight excluding hydrogens is 272 g/mol. The number of amides is 2. The average molecular weight is 298 g/mol. The summed E-state index contributed by atoms with van der Waals surface area (Å²) in [5.41, 5.74) is 0. The predicted molar refractivity (Wildman–Crippen MR) is 78.2 cm³/mol. The lowest BCUT2D eigenvalue weighted by Crippen LogP contribution is -2.54. The van der Waals surface area contributed by atoms with Crippen molar-refractivity contribution in [2.75, 3.05) is 26.2 Å². The summed E-state index contributed by atoms with van der Waals surface area (Å²) in [6.07, 6.45) is 4.88. The topological polar surface area (TPSA) is 70.1 Å². The molecule has 2 aliphatic heterocycles. The number of carboxylic acids is 1. The van der Waals surface area contributed by atoms with E-state index < -0.39 is 5.97 Å². The molecule has 120 valence electrons. The van der Waals surface area contributed by atoms with E-state index >= 15 is 0 Å². The van der Waals surface area contributed by atoms with Gasteiger partial charge in [0.15, 0.2) is 0 Å². The largest absolute Gasteiger partial charge is 0.481 e. The van der Waals surface area contributed by atoms with Gasteiger partial charge in [-0.25, -0.2) is 4.79 Å². The maximum atomic E-state index is 12.7. The van der Waals surface area contributed by atoms with E-state index in [9.17, 15) is 9.59 Å². The van der Waals surface area contributed by atoms with E-state index in [2.05, 4.69) is 0 Å². The summed E-state index contributed by atoms with van der Waals surface area (Å²) >= 11 is 0. The Bertz CT molecular complexity index is 373. The number of carboxylic acid groups (broad SMARTS) is 1. The molecule has 2 amide bonds. The minimum absolute atomic E-state index is 0.00893. The Morgan fingerprint density at radius 1 is 1.19 bits per heavy atom.